The van der Waals surface area contributed by atoms with Gasteiger partial charge in [0.25, 0.3) is 0 Å². The fourth-order valence-corrected chi connectivity index (χ4v) is 2.37. The van der Waals surface area contributed by atoms with Gasteiger partial charge < -0.3 is 5.11 Å². The number of aliphatic hydroxyl groups excluding tert-OH is 1. The van der Waals surface area contributed by atoms with Crippen LogP contribution in [0.25, 0.3) is 10.2 Å². The van der Waals surface area contributed by atoms with E-state index in [4.69, 9.17) is 5.11 Å². The number of rotatable bonds is 2. The molecule has 13 heavy (non-hydrogen) atoms. The Morgan fingerprint density at radius 3 is 3.00 bits per heavy atom. The molecule has 2 aromatic rings. The first-order valence-electron chi connectivity index (χ1n) is 4.27. The number of aryl methyl sites for hydroxylation is 1. The van der Waals surface area contributed by atoms with E-state index in [0.717, 1.165) is 10.5 Å². The van der Waals surface area contributed by atoms with Crippen LogP contribution in [0, 0.1) is 6.92 Å². The third-order valence-electron chi connectivity index (χ3n) is 1.99. The number of hydrogen-bond acceptors (Lipinski definition) is 3. The smallest absolute Gasteiger partial charge is 0.0961 e. The van der Waals surface area contributed by atoms with Crippen molar-refractivity contribution >= 4 is 21.6 Å². The van der Waals surface area contributed by atoms with Gasteiger partial charge in [-0.25, -0.2) is 4.98 Å². The first-order chi connectivity index (χ1) is 6.31. The quantitative estimate of drug-likeness (QED) is 0.792. The molecule has 0 aliphatic rings. The summed E-state index contributed by atoms with van der Waals surface area (Å²) in [6.45, 7) is 2.24. The van der Waals surface area contributed by atoms with Gasteiger partial charge in [0.15, 0.2) is 0 Å². The molecule has 0 amide bonds. The number of fused-ring (bicyclic) bond motifs is 1. The SMILES string of the molecule is Cc1cccc2sc(CCO)nc12. The Balaban J connectivity index is 2.55. The lowest BCUT2D eigenvalue weighted by molar-refractivity contribution is 0.299. The second kappa shape index (κ2) is 3.44. The Morgan fingerprint density at radius 1 is 1.46 bits per heavy atom. The van der Waals surface area contributed by atoms with Gasteiger partial charge in [-0.2, -0.15) is 0 Å². The first-order valence-corrected chi connectivity index (χ1v) is 5.09. The van der Waals surface area contributed by atoms with Crippen molar-refractivity contribution in [2.45, 2.75) is 13.3 Å². The number of benzene rings is 1. The average molecular weight is 193 g/mol. The maximum atomic E-state index is 8.78. The van der Waals surface area contributed by atoms with Crippen molar-refractivity contribution in [3.05, 3.63) is 28.8 Å². The minimum absolute atomic E-state index is 0.179. The van der Waals surface area contributed by atoms with Crippen LogP contribution in [0.3, 0.4) is 0 Å². The number of nitrogens with zero attached hydrogens (tertiary/aromatic N) is 1. The summed E-state index contributed by atoms with van der Waals surface area (Å²) in [5.74, 6) is 0. The van der Waals surface area contributed by atoms with E-state index in [9.17, 15) is 0 Å². The van der Waals surface area contributed by atoms with Gasteiger partial charge in [-0.05, 0) is 18.6 Å². The average Bonchev–Trinajstić information content (AvgIpc) is 2.49. The molecule has 0 aliphatic carbocycles. The lowest BCUT2D eigenvalue weighted by Gasteiger charge is -1.90. The Hall–Kier alpha value is -0.930. The summed E-state index contributed by atoms with van der Waals surface area (Å²) in [5.41, 5.74) is 2.29. The van der Waals surface area contributed by atoms with Gasteiger partial charge in [0.1, 0.15) is 0 Å². The van der Waals surface area contributed by atoms with Crippen LogP contribution in [0.4, 0.5) is 0 Å². The molecule has 0 bridgehead atoms. The zero-order valence-electron chi connectivity index (χ0n) is 7.45. The first kappa shape index (κ1) is 8.66. The van der Waals surface area contributed by atoms with Crippen molar-refractivity contribution < 1.29 is 5.11 Å². The van der Waals surface area contributed by atoms with E-state index in [1.54, 1.807) is 11.3 Å². The van der Waals surface area contributed by atoms with Crippen molar-refractivity contribution in [1.82, 2.24) is 4.98 Å². The normalized spacial score (nSPS) is 10.9. The van der Waals surface area contributed by atoms with Crippen LogP contribution in [-0.4, -0.2) is 16.7 Å². The van der Waals surface area contributed by atoms with E-state index in [1.165, 1.54) is 10.3 Å². The predicted molar refractivity (Wildman–Crippen MR) is 55.1 cm³/mol. The van der Waals surface area contributed by atoms with E-state index in [0.29, 0.717) is 6.42 Å². The van der Waals surface area contributed by atoms with Gasteiger partial charge >= 0.3 is 0 Å². The van der Waals surface area contributed by atoms with E-state index in [1.807, 2.05) is 6.07 Å². The summed E-state index contributed by atoms with van der Waals surface area (Å²) >= 11 is 1.66. The minimum Gasteiger partial charge on any atom is -0.396 e. The van der Waals surface area contributed by atoms with Crippen LogP contribution in [0.2, 0.25) is 0 Å². The number of aliphatic hydroxyl groups is 1. The van der Waals surface area contributed by atoms with Crippen molar-refractivity contribution in [2.24, 2.45) is 0 Å². The molecular formula is C10H11NOS. The van der Waals surface area contributed by atoms with Gasteiger partial charge in [0.2, 0.25) is 0 Å². The van der Waals surface area contributed by atoms with E-state index in [2.05, 4.69) is 24.0 Å². The topological polar surface area (TPSA) is 33.1 Å². The summed E-state index contributed by atoms with van der Waals surface area (Å²) in [7, 11) is 0. The summed E-state index contributed by atoms with van der Waals surface area (Å²) < 4.78 is 1.21. The highest BCUT2D eigenvalue weighted by Gasteiger charge is 2.04. The maximum absolute atomic E-state index is 8.78. The maximum Gasteiger partial charge on any atom is 0.0961 e. The molecule has 0 radical (unpaired) electrons. The summed E-state index contributed by atoms with van der Waals surface area (Å²) in [6.07, 6.45) is 0.665. The number of aromatic nitrogens is 1. The molecule has 3 heteroatoms. The molecule has 1 heterocycles. The Bertz CT molecular complexity index is 422. The van der Waals surface area contributed by atoms with Crippen molar-refractivity contribution in [1.29, 1.82) is 0 Å². The molecular weight excluding hydrogens is 182 g/mol. The van der Waals surface area contributed by atoms with E-state index in [-0.39, 0.29) is 6.61 Å². The van der Waals surface area contributed by atoms with Crippen molar-refractivity contribution in [3.8, 4) is 0 Å². The third kappa shape index (κ3) is 1.57. The number of thiazole rings is 1. The highest BCUT2D eigenvalue weighted by atomic mass is 32.1. The molecule has 0 unspecified atom stereocenters. The van der Waals surface area contributed by atoms with E-state index >= 15 is 0 Å². The molecule has 0 spiro atoms. The van der Waals surface area contributed by atoms with E-state index < -0.39 is 0 Å². The molecule has 0 saturated carbocycles. The second-order valence-electron chi connectivity index (χ2n) is 3.00. The van der Waals surface area contributed by atoms with Crippen LogP contribution in [-0.2, 0) is 6.42 Å². The minimum atomic E-state index is 0.179. The van der Waals surface area contributed by atoms with Crippen LogP contribution in [0.15, 0.2) is 18.2 Å². The zero-order chi connectivity index (χ0) is 9.26. The lowest BCUT2D eigenvalue weighted by Crippen LogP contribution is -1.88. The number of hydrogen-bond donors (Lipinski definition) is 1. The largest absolute Gasteiger partial charge is 0.396 e. The molecule has 0 fully saturated rings. The van der Waals surface area contributed by atoms with Gasteiger partial charge in [-0.15, -0.1) is 11.3 Å². The predicted octanol–water partition coefficient (Wildman–Crippen LogP) is 2.14. The monoisotopic (exact) mass is 193 g/mol. The zero-order valence-corrected chi connectivity index (χ0v) is 8.27. The Labute approximate surface area is 80.9 Å². The highest BCUT2D eigenvalue weighted by molar-refractivity contribution is 7.18. The molecule has 0 saturated heterocycles. The van der Waals surface area contributed by atoms with Crippen LogP contribution in [0.1, 0.15) is 10.6 Å². The van der Waals surface area contributed by atoms with Crippen LogP contribution < -0.4 is 0 Å². The number of para-hydroxylation sites is 1. The summed E-state index contributed by atoms with van der Waals surface area (Å²) in [6, 6.07) is 6.17. The third-order valence-corrected chi connectivity index (χ3v) is 3.07. The standard InChI is InChI=1S/C10H11NOS/c1-7-3-2-4-8-10(7)11-9(13-8)5-6-12/h2-4,12H,5-6H2,1H3. The van der Waals surface area contributed by atoms with Gasteiger partial charge in [-0.1, -0.05) is 12.1 Å². The van der Waals surface area contributed by atoms with Crippen LogP contribution >= 0.6 is 11.3 Å². The molecule has 2 rings (SSSR count). The summed E-state index contributed by atoms with van der Waals surface area (Å²) in [5, 5.41) is 9.80. The van der Waals surface area contributed by atoms with Gasteiger partial charge in [0, 0.05) is 13.0 Å². The Kier molecular flexibility index (Phi) is 2.29. The van der Waals surface area contributed by atoms with Crippen molar-refractivity contribution in [3.63, 3.8) is 0 Å². The van der Waals surface area contributed by atoms with Gasteiger partial charge in [-0.3, -0.25) is 0 Å². The fourth-order valence-electron chi connectivity index (χ4n) is 1.33. The highest BCUT2D eigenvalue weighted by Crippen LogP contribution is 2.24. The molecule has 68 valence electrons. The molecule has 1 N–H and O–H groups in total. The Morgan fingerprint density at radius 2 is 2.31 bits per heavy atom. The molecule has 0 atom stereocenters. The molecule has 2 nitrogen and oxygen atoms in total. The summed E-state index contributed by atoms with van der Waals surface area (Å²) in [4.78, 5) is 4.46. The van der Waals surface area contributed by atoms with Crippen molar-refractivity contribution in [2.75, 3.05) is 6.61 Å². The molecule has 0 aliphatic heterocycles. The molecule has 1 aromatic carbocycles. The van der Waals surface area contributed by atoms with Crippen LogP contribution in [0.5, 0.6) is 0 Å². The fraction of sp³-hybridized carbons (Fsp3) is 0.300. The molecule has 1 aromatic heterocycles. The second-order valence-corrected chi connectivity index (χ2v) is 4.12. The lowest BCUT2D eigenvalue weighted by atomic mass is 10.2. The van der Waals surface area contributed by atoms with Gasteiger partial charge in [0.05, 0.1) is 15.2 Å².